The Balaban J connectivity index is 1.97. The molecule has 120 valence electrons. The summed E-state index contributed by atoms with van der Waals surface area (Å²) in [6.45, 7) is 4.62. The summed E-state index contributed by atoms with van der Waals surface area (Å²) in [5.74, 6) is 0.149. The summed E-state index contributed by atoms with van der Waals surface area (Å²) < 4.78 is 5.80. The van der Waals surface area contributed by atoms with Crippen molar-refractivity contribution in [1.29, 1.82) is 0 Å². The van der Waals surface area contributed by atoms with Crippen LogP contribution in [0.3, 0.4) is 0 Å². The molecule has 1 amide bonds. The molecule has 0 saturated carbocycles. The van der Waals surface area contributed by atoms with E-state index >= 15 is 0 Å². The standard InChI is InChI=1S/C19H21NO3/c1-13-4-3-5-14(2)17(13)12-23-16-8-6-15(7-9-16)18(21)10-11-19(20)22/h3-9H,10-12H2,1-2H3,(H2,20,22). The van der Waals surface area contributed by atoms with Gasteiger partial charge in [-0.3, -0.25) is 9.59 Å². The van der Waals surface area contributed by atoms with Gasteiger partial charge < -0.3 is 10.5 Å². The van der Waals surface area contributed by atoms with E-state index in [9.17, 15) is 9.59 Å². The number of carbonyl (C=O) groups is 2. The number of carbonyl (C=O) groups excluding carboxylic acids is 2. The third kappa shape index (κ3) is 4.68. The number of aryl methyl sites for hydroxylation is 2. The molecule has 0 aliphatic rings. The summed E-state index contributed by atoms with van der Waals surface area (Å²) in [6.07, 6.45) is 0.210. The average molecular weight is 311 g/mol. The van der Waals surface area contributed by atoms with Crippen molar-refractivity contribution >= 4 is 11.7 Å². The first kappa shape index (κ1) is 16.7. The van der Waals surface area contributed by atoms with Gasteiger partial charge in [0.15, 0.2) is 5.78 Å². The number of ketones is 1. The molecule has 2 rings (SSSR count). The van der Waals surface area contributed by atoms with Crippen LogP contribution in [0.1, 0.15) is 39.9 Å². The van der Waals surface area contributed by atoms with Gasteiger partial charge in [0, 0.05) is 18.4 Å². The van der Waals surface area contributed by atoms with Gasteiger partial charge in [-0.1, -0.05) is 18.2 Å². The van der Waals surface area contributed by atoms with Gasteiger partial charge in [-0.25, -0.2) is 0 Å². The number of ether oxygens (including phenoxy) is 1. The first-order valence-electron chi connectivity index (χ1n) is 7.57. The van der Waals surface area contributed by atoms with Crippen molar-refractivity contribution in [3.8, 4) is 5.75 Å². The zero-order valence-electron chi connectivity index (χ0n) is 13.5. The van der Waals surface area contributed by atoms with Gasteiger partial charge in [0.05, 0.1) is 0 Å². The number of amides is 1. The van der Waals surface area contributed by atoms with Gasteiger partial charge in [-0.15, -0.1) is 0 Å². The molecule has 2 aromatic carbocycles. The van der Waals surface area contributed by atoms with Crippen molar-refractivity contribution in [3.05, 3.63) is 64.7 Å². The minimum Gasteiger partial charge on any atom is -0.489 e. The predicted molar refractivity (Wildman–Crippen MR) is 89.4 cm³/mol. The van der Waals surface area contributed by atoms with Gasteiger partial charge in [0.25, 0.3) is 0 Å². The Labute approximate surface area is 136 Å². The summed E-state index contributed by atoms with van der Waals surface area (Å²) >= 11 is 0. The highest BCUT2D eigenvalue weighted by Gasteiger charge is 2.08. The number of primary amides is 1. The lowest BCUT2D eigenvalue weighted by atomic mass is 10.0. The van der Waals surface area contributed by atoms with Gasteiger partial charge in [0.1, 0.15) is 12.4 Å². The van der Waals surface area contributed by atoms with Crippen LogP contribution in [0.15, 0.2) is 42.5 Å². The van der Waals surface area contributed by atoms with E-state index in [-0.39, 0.29) is 18.6 Å². The number of rotatable bonds is 7. The van der Waals surface area contributed by atoms with Crippen molar-refractivity contribution in [2.75, 3.05) is 0 Å². The van der Waals surface area contributed by atoms with E-state index < -0.39 is 5.91 Å². The van der Waals surface area contributed by atoms with E-state index in [2.05, 4.69) is 26.0 Å². The summed E-state index contributed by atoms with van der Waals surface area (Å²) in [6, 6.07) is 13.1. The van der Waals surface area contributed by atoms with E-state index in [0.717, 1.165) is 0 Å². The van der Waals surface area contributed by atoms with Crippen molar-refractivity contribution in [3.63, 3.8) is 0 Å². The van der Waals surface area contributed by atoms with Crippen LogP contribution < -0.4 is 10.5 Å². The van der Waals surface area contributed by atoms with Crippen LogP contribution in [0.25, 0.3) is 0 Å². The van der Waals surface area contributed by atoms with E-state index in [1.54, 1.807) is 24.3 Å². The summed E-state index contributed by atoms with van der Waals surface area (Å²) in [7, 11) is 0. The minimum absolute atomic E-state index is 0.0731. The Bertz CT molecular complexity index is 685. The molecule has 0 aliphatic heterocycles. The maximum Gasteiger partial charge on any atom is 0.217 e. The highest BCUT2D eigenvalue weighted by atomic mass is 16.5. The van der Waals surface area contributed by atoms with Gasteiger partial charge in [-0.2, -0.15) is 0 Å². The number of Topliss-reactive ketones (excluding diaryl/α,β-unsaturated/α-hetero) is 1. The molecule has 4 heteroatoms. The Morgan fingerprint density at radius 2 is 1.57 bits per heavy atom. The topological polar surface area (TPSA) is 69.4 Å². The SMILES string of the molecule is Cc1cccc(C)c1COc1ccc(C(=O)CCC(N)=O)cc1. The number of nitrogens with two attached hydrogens (primary N) is 1. The van der Waals surface area contributed by atoms with E-state index in [1.807, 2.05) is 6.07 Å². The van der Waals surface area contributed by atoms with Crippen molar-refractivity contribution in [1.82, 2.24) is 0 Å². The van der Waals surface area contributed by atoms with Crippen LogP contribution in [0.5, 0.6) is 5.75 Å². The fourth-order valence-corrected chi connectivity index (χ4v) is 2.35. The molecule has 2 aromatic rings. The Hall–Kier alpha value is -2.62. The predicted octanol–water partition coefficient (Wildman–Crippen LogP) is 3.33. The van der Waals surface area contributed by atoms with Crippen molar-refractivity contribution < 1.29 is 14.3 Å². The monoisotopic (exact) mass is 311 g/mol. The van der Waals surface area contributed by atoms with Crippen LogP contribution in [0.4, 0.5) is 0 Å². The van der Waals surface area contributed by atoms with Crippen LogP contribution >= 0.6 is 0 Å². The molecule has 0 fully saturated rings. The fourth-order valence-electron chi connectivity index (χ4n) is 2.35. The second-order valence-electron chi connectivity index (χ2n) is 5.57. The Morgan fingerprint density at radius 3 is 2.13 bits per heavy atom. The molecular formula is C19H21NO3. The number of hydrogen-bond donors (Lipinski definition) is 1. The fraction of sp³-hybridized carbons (Fsp3) is 0.263. The third-order valence-electron chi connectivity index (χ3n) is 3.80. The van der Waals surface area contributed by atoms with E-state index in [0.29, 0.717) is 17.9 Å². The first-order chi connectivity index (χ1) is 11.0. The smallest absolute Gasteiger partial charge is 0.217 e. The molecule has 2 N–H and O–H groups in total. The summed E-state index contributed by atoms with van der Waals surface area (Å²) in [4.78, 5) is 22.6. The minimum atomic E-state index is -0.466. The molecule has 0 bridgehead atoms. The van der Waals surface area contributed by atoms with Gasteiger partial charge >= 0.3 is 0 Å². The molecule has 0 spiro atoms. The Morgan fingerprint density at radius 1 is 0.957 bits per heavy atom. The average Bonchev–Trinajstić information content (AvgIpc) is 2.52. The van der Waals surface area contributed by atoms with E-state index in [1.165, 1.54) is 16.7 Å². The van der Waals surface area contributed by atoms with E-state index in [4.69, 9.17) is 10.5 Å². The zero-order chi connectivity index (χ0) is 16.8. The van der Waals surface area contributed by atoms with Crippen LogP contribution in [0.2, 0.25) is 0 Å². The van der Waals surface area contributed by atoms with Crippen LogP contribution in [0, 0.1) is 13.8 Å². The number of hydrogen-bond acceptors (Lipinski definition) is 3. The molecule has 0 radical (unpaired) electrons. The molecule has 0 aromatic heterocycles. The lowest BCUT2D eigenvalue weighted by Gasteiger charge is -2.11. The largest absolute Gasteiger partial charge is 0.489 e. The molecule has 0 unspecified atom stereocenters. The highest BCUT2D eigenvalue weighted by Crippen LogP contribution is 2.19. The highest BCUT2D eigenvalue weighted by molar-refractivity contribution is 5.97. The quantitative estimate of drug-likeness (QED) is 0.797. The van der Waals surface area contributed by atoms with Gasteiger partial charge in [0.2, 0.25) is 5.91 Å². The Kier molecular flexibility index (Phi) is 5.52. The molecular weight excluding hydrogens is 290 g/mol. The molecule has 0 aliphatic carbocycles. The van der Waals surface area contributed by atoms with Crippen molar-refractivity contribution in [2.24, 2.45) is 5.73 Å². The summed E-state index contributed by atoms with van der Waals surface area (Å²) in [5, 5.41) is 0. The third-order valence-corrected chi connectivity index (χ3v) is 3.80. The van der Waals surface area contributed by atoms with Crippen molar-refractivity contribution in [2.45, 2.75) is 33.3 Å². The maximum absolute atomic E-state index is 11.9. The normalized spacial score (nSPS) is 10.3. The van der Waals surface area contributed by atoms with Gasteiger partial charge in [-0.05, 0) is 54.8 Å². The molecule has 4 nitrogen and oxygen atoms in total. The summed E-state index contributed by atoms with van der Waals surface area (Å²) in [5.41, 5.74) is 9.18. The maximum atomic E-state index is 11.9. The lowest BCUT2D eigenvalue weighted by Crippen LogP contribution is -2.12. The molecule has 0 saturated heterocycles. The number of benzene rings is 2. The first-order valence-corrected chi connectivity index (χ1v) is 7.57. The second-order valence-corrected chi connectivity index (χ2v) is 5.57. The molecule has 0 heterocycles. The molecule has 0 atom stereocenters. The molecule has 23 heavy (non-hydrogen) atoms. The van der Waals surface area contributed by atoms with Crippen LogP contribution in [-0.4, -0.2) is 11.7 Å². The van der Waals surface area contributed by atoms with Crippen LogP contribution in [-0.2, 0) is 11.4 Å². The lowest BCUT2D eigenvalue weighted by molar-refractivity contribution is -0.118. The zero-order valence-corrected chi connectivity index (χ0v) is 13.5. The second kappa shape index (κ2) is 7.58.